The van der Waals surface area contributed by atoms with Gasteiger partial charge in [-0.05, 0) is 12.1 Å². The van der Waals surface area contributed by atoms with Gasteiger partial charge in [0.05, 0.1) is 6.54 Å². The van der Waals surface area contributed by atoms with Crippen molar-refractivity contribution in [3.05, 3.63) is 34.3 Å². The van der Waals surface area contributed by atoms with Crippen LogP contribution in [0, 0.1) is 0 Å². The van der Waals surface area contributed by atoms with Crippen LogP contribution in [0.4, 0.5) is 0 Å². The Kier molecular flexibility index (Phi) is 4.89. The molecule has 1 aliphatic rings. The molecule has 106 valence electrons. The van der Waals surface area contributed by atoms with Gasteiger partial charge in [-0.3, -0.25) is 14.4 Å². The van der Waals surface area contributed by atoms with Crippen molar-refractivity contribution in [1.82, 2.24) is 10.2 Å². The quantitative estimate of drug-likeness (QED) is 0.843. The summed E-state index contributed by atoms with van der Waals surface area (Å²) in [5.41, 5.74) is 0.595. The standard InChI is InChI=1S/C14H15BrN2O3/c15-11-3-1-10(2-4-11)12(18)5-6-14(20)17-8-7-16-13(19)9-17/h1-4H,5-9H2,(H,16,19). The molecule has 0 spiro atoms. The summed E-state index contributed by atoms with van der Waals surface area (Å²) in [6.07, 6.45) is 0.306. The number of rotatable bonds is 4. The van der Waals surface area contributed by atoms with Crippen LogP contribution in [0.2, 0.25) is 0 Å². The average molecular weight is 339 g/mol. The summed E-state index contributed by atoms with van der Waals surface area (Å²) in [6.45, 7) is 1.08. The molecule has 20 heavy (non-hydrogen) atoms. The zero-order valence-electron chi connectivity index (χ0n) is 10.9. The van der Waals surface area contributed by atoms with Gasteiger partial charge in [0.2, 0.25) is 11.8 Å². The fraction of sp³-hybridized carbons (Fsp3) is 0.357. The van der Waals surface area contributed by atoms with Crippen LogP contribution in [0.5, 0.6) is 0 Å². The maximum atomic E-state index is 11.9. The van der Waals surface area contributed by atoms with Crippen molar-refractivity contribution in [2.75, 3.05) is 19.6 Å². The first-order valence-corrected chi connectivity index (χ1v) is 7.19. The molecule has 1 aromatic carbocycles. The molecule has 0 aliphatic carbocycles. The molecule has 6 heteroatoms. The van der Waals surface area contributed by atoms with E-state index in [0.29, 0.717) is 18.7 Å². The minimum absolute atomic E-state index is 0.0627. The van der Waals surface area contributed by atoms with Crippen molar-refractivity contribution in [1.29, 1.82) is 0 Å². The van der Waals surface area contributed by atoms with Crippen LogP contribution in [0.25, 0.3) is 0 Å². The number of hydrogen-bond donors (Lipinski definition) is 1. The molecular formula is C14H15BrN2O3. The first kappa shape index (κ1) is 14.7. The maximum absolute atomic E-state index is 11.9. The molecule has 1 saturated heterocycles. The lowest BCUT2D eigenvalue weighted by molar-refractivity contribution is -0.138. The molecule has 1 fully saturated rings. The molecule has 1 heterocycles. The number of benzene rings is 1. The van der Waals surface area contributed by atoms with E-state index in [0.717, 1.165) is 4.47 Å². The Hall–Kier alpha value is -1.69. The SMILES string of the molecule is O=C1CN(C(=O)CCC(=O)c2ccc(Br)cc2)CCN1. The second kappa shape index (κ2) is 6.65. The highest BCUT2D eigenvalue weighted by Gasteiger charge is 2.21. The van der Waals surface area contributed by atoms with Crippen LogP contribution in [0.1, 0.15) is 23.2 Å². The van der Waals surface area contributed by atoms with Gasteiger partial charge in [0.1, 0.15) is 0 Å². The molecule has 0 aromatic heterocycles. The molecule has 0 saturated carbocycles. The lowest BCUT2D eigenvalue weighted by Crippen LogP contribution is -2.50. The van der Waals surface area contributed by atoms with E-state index in [1.165, 1.54) is 4.90 Å². The number of halogens is 1. The van der Waals surface area contributed by atoms with E-state index in [4.69, 9.17) is 0 Å². The van der Waals surface area contributed by atoms with Gasteiger partial charge in [-0.1, -0.05) is 28.1 Å². The second-order valence-electron chi connectivity index (χ2n) is 4.60. The summed E-state index contributed by atoms with van der Waals surface area (Å²) < 4.78 is 0.907. The van der Waals surface area contributed by atoms with Crippen molar-refractivity contribution in [3.63, 3.8) is 0 Å². The van der Waals surface area contributed by atoms with E-state index in [2.05, 4.69) is 21.2 Å². The molecule has 1 aliphatic heterocycles. The van der Waals surface area contributed by atoms with Crippen LogP contribution in [-0.2, 0) is 9.59 Å². The number of nitrogens with one attached hydrogen (secondary N) is 1. The molecule has 5 nitrogen and oxygen atoms in total. The van der Waals surface area contributed by atoms with Crippen LogP contribution in [0.15, 0.2) is 28.7 Å². The zero-order valence-corrected chi connectivity index (χ0v) is 12.5. The van der Waals surface area contributed by atoms with Crippen molar-refractivity contribution < 1.29 is 14.4 Å². The van der Waals surface area contributed by atoms with E-state index in [-0.39, 0.29) is 37.0 Å². The van der Waals surface area contributed by atoms with Gasteiger partial charge >= 0.3 is 0 Å². The summed E-state index contributed by atoms with van der Waals surface area (Å²) in [6, 6.07) is 7.05. The van der Waals surface area contributed by atoms with E-state index in [1.807, 2.05) is 0 Å². The number of carbonyl (C=O) groups is 3. The van der Waals surface area contributed by atoms with Gasteiger partial charge in [0.25, 0.3) is 0 Å². The highest BCUT2D eigenvalue weighted by atomic mass is 79.9. The van der Waals surface area contributed by atoms with Crippen molar-refractivity contribution in [2.24, 2.45) is 0 Å². The van der Waals surface area contributed by atoms with Crippen LogP contribution >= 0.6 is 15.9 Å². The Morgan fingerprint density at radius 3 is 2.55 bits per heavy atom. The minimum atomic E-state index is -0.149. The number of hydrogen-bond acceptors (Lipinski definition) is 3. The number of amides is 2. The van der Waals surface area contributed by atoms with Gasteiger partial charge < -0.3 is 10.2 Å². The van der Waals surface area contributed by atoms with Gasteiger partial charge in [-0.15, -0.1) is 0 Å². The van der Waals surface area contributed by atoms with E-state index < -0.39 is 0 Å². The van der Waals surface area contributed by atoms with Gasteiger partial charge in [-0.2, -0.15) is 0 Å². The highest BCUT2D eigenvalue weighted by Crippen LogP contribution is 2.13. The fourth-order valence-electron chi connectivity index (χ4n) is 2.01. The summed E-state index contributed by atoms with van der Waals surface area (Å²) in [7, 11) is 0. The number of piperazine rings is 1. The average Bonchev–Trinajstić information content (AvgIpc) is 2.45. The molecule has 1 aromatic rings. The molecule has 0 atom stereocenters. The maximum Gasteiger partial charge on any atom is 0.239 e. The summed E-state index contributed by atoms with van der Waals surface area (Å²) in [5, 5.41) is 2.66. The monoisotopic (exact) mass is 338 g/mol. The first-order chi connectivity index (χ1) is 9.56. The lowest BCUT2D eigenvalue weighted by atomic mass is 10.1. The predicted octanol–water partition coefficient (Wildman–Crippen LogP) is 1.37. The first-order valence-electron chi connectivity index (χ1n) is 6.39. The van der Waals surface area contributed by atoms with Gasteiger partial charge in [-0.25, -0.2) is 0 Å². The largest absolute Gasteiger partial charge is 0.353 e. The number of ketones is 1. The summed E-state index contributed by atoms with van der Waals surface area (Å²) in [4.78, 5) is 36.5. The summed E-state index contributed by atoms with van der Waals surface area (Å²) >= 11 is 3.30. The predicted molar refractivity (Wildman–Crippen MR) is 77.3 cm³/mol. The Labute approximate surface area is 125 Å². The molecule has 1 N–H and O–H groups in total. The van der Waals surface area contributed by atoms with Gasteiger partial charge in [0, 0.05) is 36.0 Å². The lowest BCUT2D eigenvalue weighted by Gasteiger charge is -2.26. The normalized spacial score (nSPS) is 14.8. The molecule has 2 amide bonds. The number of carbonyl (C=O) groups excluding carboxylic acids is 3. The third-order valence-corrected chi connectivity index (χ3v) is 3.65. The van der Waals surface area contributed by atoms with Crippen molar-refractivity contribution >= 4 is 33.5 Å². The van der Waals surface area contributed by atoms with Gasteiger partial charge in [0.15, 0.2) is 5.78 Å². The molecular weight excluding hydrogens is 324 g/mol. The van der Waals surface area contributed by atoms with E-state index in [1.54, 1.807) is 24.3 Å². The molecule has 0 radical (unpaired) electrons. The Morgan fingerprint density at radius 1 is 1.20 bits per heavy atom. The topological polar surface area (TPSA) is 66.5 Å². The zero-order chi connectivity index (χ0) is 14.5. The third-order valence-electron chi connectivity index (χ3n) is 3.12. The molecule has 0 bridgehead atoms. The van der Waals surface area contributed by atoms with Crippen LogP contribution in [-0.4, -0.2) is 42.1 Å². The molecule has 0 unspecified atom stereocenters. The third kappa shape index (κ3) is 3.90. The minimum Gasteiger partial charge on any atom is -0.353 e. The Balaban J connectivity index is 1.85. The molecule has 2 rings (SSSR count). The van der Waals surface area contributed by atoms with Crippen molar-refractivity contribution in [2.45, 2.75) is 12.8 Å². The smallest absolute Gasteiger partial charge is 0.239 e. The summed E-state index contributed by atoms with van der Waals surface area (Å²) in [5.74, 6) is -0.360. The van der Waals surface area contributed by atoms with Crippen LogP contribution < -0.4 is 5.32 Å². The van der Waals surface area contributed by atoms with E-state index in [9.17, 15) is 14.4 Å². The van der Waals surface area contributed by atoms with Crippen molar-refractivity contribution in [3.8, 4) is 0 Å². The highest BCUT2D eigenvalue weighted by molar-refractivity contribution is 9.10. The van der Waals surface area contributed by atoms with Crippen LogP contribution in [0.3, 0.4) is 0 Å². The fourth-order valence-corrected chi connectivity index (χ4v) is 2.27. The second-order valence-corrected chi connectivity index (χ2v) is 5.51. The number of Topliss-reactive ketones (excluding diaryl/α,β-unsaturated/α-hetero) is 1. The number of nitrogens with zero attached hydrogens (tertiary/aromatic N) is 1. The van der Waals surface area contributed by atoms with E-state index >= 15 is 0 Å². The Morgan fingerprint density at radius 2 is 1.90 bits per heavy atom. The Bertz CT molecular complexity index is 528.